The average molecular weight is 300 g/mol. The third kappa shape index (κ3) is 3.49. The normalized spacial score (nSPS) is 19.4. The number of fused-ring (bicyclic) bond motifs is 1. The maximum Gasteiger partial charge on any atom is 0.320 e. The summed E-state index contributed by atoms with van der Waals surface area (Å²) in [5.41, 5.74) is 1.99. The summed E-state index contributed by atoms with van der Waals surface area (Å²) in [7, 11) is 0. The van der Waals surface area contributed by atoms with Crippen LogP contribution in [-0.2, 0) is 17.6 Å². The van der Waals surface area contributed by atoms with Crippen molar-refractivity contribution in [3.63, 3.8) is 0 Å². The van der Waals surface area contributed by atoms with Crippen molar-refractivity contribution in [1.29, 1.82) is 0 Å². The van der Waals surface area contributed by atoms with Crippen LogP contribution < -0.4 is 5.32 Å². The lowest BCUT2D eigenvalue weighted by Crippen LogP contribution is -2.45. The van der Waals surface area contributed by atoms with Gasteiger partial charge in [0.2, 0.25) is 0 Å². The van der Waals surface area contributed by atoms with Gasteiger partial charge in [-0.2, -0.15) is 0 Å². The first-order valence-corrected chi connectivity index (χ1v) is 7.34. The Bertz CT molecular complexity index is 507. The van der Waals surface area contributed by atoms with Crippen LogP contribution in [-0.4, -0.2) is 23.2 Å². The molecule has 1 aliphatic carbocycles. The highest BCUT2D eigenvalue weighted by Gasteiger charge is 2.25. The van der Waals surface area contributed by atoms with E-state index in [1.165, 1.54) is 6.07 Å². The highest BCUT2D eigenvalue weighted by atomic mass is 35.5. The molecule has 3 nitrogen and oxygen atoms in total. The molecule has 1 unspecified atom stereocenters. The van der Waals surface area contributed by atoms with Gasteiger partial charge < -0.3 is 10.4 Å². The van der Waals surface area contributed by atoms with Crippen molar-refractivity contribution in [2.75, 3.05) is 0 Å². The Morgan fingerprint density at radius 1 is 1.55 bits per heavy atom. The molecular weight excluding hydrogens is 281 g/mol. The Morgan fingerprint density at radius 3 is 2.95 bits per heavy atom. The summed E-state index contributed by atoms with van der Waals surface area (Å²) in [6.45, 7) is 1.97. The van der Waals surface area contributed by atoms with Crippen molar-refractivity contribution >= 4 is 17.6 Å². The van der Waals surface area contributed by atoms with Crippen LogP contribution in [0.4, 0.5) is 4.39 Å². The number of nitrogens with one attached hydrogen (secondary N) is 1. The molecule has 0 amide bonds. The largest absolute Gasteiger partial charge is 0.480 e. The Morgan fingerprint density at radius 2 is 2.30 bits per heavy atom. The lowest BCUT2D eigenvalue weighted by Gasteiger charge is -2.28. The summed E-state index contributed by atoms with van der Waals surface area (Å²) >= 11 is 5.81. The molecule has 0 spiro atoms. The van der Waals surface area contributed by atoms with Crippen LogP contribution in [0.2, 0.25) is 5.02 Å². The van der Waals surface area contributed by atoms with E-state index < -0.39 is 12.0 Å². The van der Waals surface area contributed by atoms with Crippen molar-refractivity contribution < 1.29 is 14.3 Å². The summed E-state index contributed by atoms with van der Waals surface area (Å²) in [6, 6.07) is 2.75. The summed E-state index contributed by atoms with van der Waals surface area (Å²) in [6.07, 6.45) is 3.71. The molecule has 0 radical (unpaired) electrons. The molecule has 0 heterocycles. The lowest BCUT2D eigenvalue weighted by atomic mass is 9.87. The van der Waals surface area contributed by atoms with Crippen molar-refractivity contribution in [2.45, 2.75) is 51.1 Å². The van der Waals surface area contributed by atoms with Crippen LogP contribution in [0.25, 0.3) is 0 Å². The van der Waals surface area contributed by atoms with E-state index in [0.717, 1.165) is 30.4 Å². The molecule has 110 valence electrons. The zero-order valence-electron chi connectivity index (χ0n) is 11.5. The second-order valence-corrected chi connectivity index (χ2v) is 5.73. The second-order valence-electron chi connectivity index (χ2n) is 5.32. The predicted octanol–water partition coefficient (Wildman–Crippen LogP) is 3.18. The molecule has 0 saturated carbocycles. The van der Waals surface area contributed by atoms with Crippen LogP contribution >= 0.6 is 11.6 Å². The molecule has 1 aromatic rings. The number of benzene rings is 1. The van der Waals surface area contributed by atoms with E-state index in [-0.39, 0.29) is 16.9 Å². The third-order valence-electron chi connectivity index (χ3n) is 3.78. The van der Waals surface area contributed by atoms with Gasteiger partial charge in [0.25, 0.3) is 0 Å². The van der Waals surface area contributed by atoms with Crippen LogP contribution in [0, 0.1) is 5.82 Å². The van der Waals surface area contributed by atoms with E-state index in [9.17, 15) is 14.3 Å². The molecule has 0 bridgehead atoms. The molecular formula is C15H19ClFNO2. The van der Waals surface area contributed by atoms with Gasteiger partial charge in [0, 0.05) is 6.04 Å². The minimum Gasteiger partial charge on any atom is -0.480 e. The molecule has 0 fully saturated rings. The van der Waals surface area contributed by atoms with Crippen LogP contribution in [0.1, 0.15) is 37.3 Å². The van der Waals surface area contributed by atoms with E-state index >= 15 is 0 Å². The Labute approximate surface area is 123 Å². The maximum absolute atomic E-state index is 13.4. The Hall–Kier alpha value is -1.13. The van der Waals surface area contributed by atoms with Gasteiger partial charge in [0.15, 0.2) is 0 Å². The number of aliphatic carboxylic acids is 1. The maximum atomic E-state index is 13.4. The molecule has 1 aliphatic rings. The van der Waals surface area contributed by atoms with Crippen LogP contribution in [0.3, 0.4) is 0 Å². The van der Waals surface area contributed by atoms with Crippen LogP contribution in [0.5, 0.6) is 0 Å². The highest BCUT2D eigenvalue weighted by molar-refractivity contribution is 6.30. The number of carboxylic acid groups (broad SMARTS) is 1. The minimum absolute atomic E-state index is 0.108. The standard InChI is InChI=1S/C15H19ClFNO2/c1-2-3-14(15(19)20)18-11-5-4-9-8-13(17)12(16)7-10(9)6-11/h7-8,11,14,18H,2-6H2,1H3,(H,19,20)/t11-,14?/m0/s1. The molecule has 0 aromatic heterocycles. The molecule has 1 aromatic carbocycles. The second kappa shape index (κ2) is 6.55. The summed E-state index contributed by atoms with van der Waals surface area (Å²) in [4.78, 5) is 11.2. The monoisotopic (exact) mass is 299 g/mol. The fourth-order valence-corrected chi connectivity index (χ4v) is 2.93. The number of rotatable bonds is 5. The molecule has 20 heavy (non-hydrogen) atoms. The van der Waals surface area contributed by atoms with Gasteiger partial charge in [0.1, 0.15) is 11.9 Å². The molecule has 2 N–H and O–H groups in total. The van der Waals surface area contributed by atoms with Gasteiger partial charge >= 0.3 is 5.97 Å². The van der Waals surface area contributed by atoms with Gasteiger partial charge in [-0.3, -0.25) is 4.79 Å². The van der Waals surface area contributed by atoms with E-state index in [1.54, 1.807) is 6.07 Å². The molecule has 2 rings (SSSR count). The first-order valence-electron chi connectivity index (χ1n) is 6.97. The average Bonchev–Trinajstić information content (AvgIpc) is 2.39. The third-order valence-corrected chi connectivity index (χ3v) is 4.07. The molecule has 5 heteroatoms. The SMILES string of the molecule is CCCC(N[C@H]1CCc2cc(F)c(Cl)cc2C1)C(=O)O. The zero-order chi connectivity index (χ0) is 14.7. The summed E-state index contributed by atoms with van der Waals surface area (Å²) in [5, 5.41) is 12.5. The number of halogens is 2. The fourth-order valence-electron chi connectivity index (χ4n) is 2.74. The zero-order valence-corrected chi connectivity index (χ0v) is 12.2. The Balaban J connectivity index is 2.07. The number of aryl methyl sites for hydroxylation is 1. The van der Waals surface area contributed by atoms with Crippen molar-refractivity contribution in [1.82, 2.24) is 5.32 Å². The quantitative estimate of drug-likeness (QED) is 0.878. The van der Waals surface area contributed by atoms with Gasteiger partial charge in [-0.05, 0) is 48.9 Å². The predicted molar refractivity (Wildman–Crippen MR) is 76.7 cm³/mol. The molecule has 0 saturated heterocycles. The number of carboxylic acids is 1. The highest BCUT2D eigenvalue weighted by Crippen LogP contribution is 2.27. The van der Waals surface area contributed by atoms with Gasteiger partial charge in [-0.15, -0.1) is 0 Å². The number of hydrogen-bond acceptors (Lipinski definition) is 2. The van der Waals surface area contributed by atoms with E-state index in [4.69, 9.17) is 11.6 Å². The first-order chi connectivity index (χ1) is 9.51. The van der Waals surface area contributed by atoms with Crippen molar-refractivity contribution in [2.24, 2.45) is 0 Å². The fraction of sp³-hybridized carbons (Fsp3) is 0.533. The Kier molecular flexibility index (Phi) is 5.00. The summed E-state index contributed by atoms with van der Waals surface area (Å²) in [5.74, 6) is -1.19. The summed E-state index contributed by atoms with van der Waals surface area (Å²) < 4.78 is 13.4. The molecule has 0 aliphatic heterocycles. The van der Waals surface area contributed by atoms with E-state index in [1.807, 2.05) is 6.92 Å². The van der Waals surface area contributed by atoms with Gasteiger partial charge in [-0.1, -0.05) is 24.9 Å². The van der Waals surface area contributed by atoms with E-state index in [2.05, 4.69) is 5.32 Å². The van der Waals surface area contributed by atoms with Gasteiger partial charge in [0.05, 0.1) is 5.02 Å². The van der Waals surface area contributed by atoms with Crippen LogP contribution in [0.15, 0.2) is 12.1 Å². The van der Waals surface area contributed by atoms with Crippen molar-refractivity contribution in [3.05, 3.63) is 34.1 Å². The smallest absolute Gasteiger partial charge is 0.320 e. The number of hydrogen-bond donors (Lipinski definition) is 2. The lowest BCUT2D eigenvalue weighted by molar-refractivity contribution is -0.139. The topological polar surface area (TPSA) is 49.3 Å². The molecule has 2 atom stereocenters. The van der Waals surface area contributed by atoms with Gasteiger partial charge in [-0.25, -0.2) is 4.39 Å². The number of carbonyl (C=O) groups is 1. The van der Waals surface area contributed by atoms with Crippen molar-refractivity contribution in [3.8, 4) is 0 Å². The minimum atomic E-state index is -0.810. The first kappa shape index (κ1) is 15.3. The van der Waals surface area contributed by atoms with E-state index in [0.29, 0.717) is 12.8 Å².